The van der Waals surface area contributed by atoms with Gasteiger partial charge in [-0.05, 0) is 30.2 Å². The van der Waals surface area contributed by atoms with Crippen LogP contribution in [0.1, 0.15) is 18.1 Å². The SMILES string of the molecule is O=C(Cn1cccn1)NC[C@@H]1CCO[C@H]1c1ccc(F)cc1. The molecular weight excluding hydrogens is 285 g/mol. The maximum atomic E-state index is 13.0. The Balaban J connectivity index is 1.55. The molecule has 0 unspecified atom stereocenters. The van der Waals surface area contributed by atoms with Gasteiger partial charge in [-0.2, -0.15) is 5.10 Å². The van der Waals surface area contributed by atoms with Crippen molar-refractivity contribution < 1.29 is 13.9 Å². The topological polar surface area (TPSA) is 56.2 Å². The molecule has 1 aromatic heterocycles. The minimum absolute atomic E-state index is 0.0755. The molecule has 2 aromatic rings. The first-order valence-corrected chi connectivity index (χ1v) is 7.33. The van der Waals surface area contributed by atoms with E-state index in [0.29, 0.717) is 13.2 Å². The van der Waals surface area contributed by atoms with E-state index >= 15 is 0 Å². The molecule has 1 aromatic carbocycles. The Labute approximate surface area is 128 Å². The molecule has 0 radical (unpaired) electrons. The van der Waals surface area contributed by atoms with Crippen LogP contribution >= 0.6 is 0 Å². The van der Waals surface area contributed by atoms with Gasteiger partial charge in [0.05, 0.1) is 6.10 Å². The normalized spacial score (nSPS) is 21.0. The maximum Gasteiger partial charge on any atom is 0.241 e. The second-order valence-electron chi connectivity index (χ2n) is 5.40. The lowest BCUT2D eigenvalue weighted by atomic mass is 9.95. The maximum absolute atomic E-state index is 13.0. The van der Waals surface area contributed by atoms with Crippen LogP contribution in [-0.2, 0) is 16.1 Å². The van der Waals surface area contributed by atoms with E-state index in [1.807, 2.05) is 0 Å². The summed E-state index contributed by atoms with van der Waals surface area (Å²) in [6.07, 6.45) is 4.18. The largest absolute Gasteiger partial charge is 0.373 e. The molecule has 0 saturated carbocycles. The first-order valence-electron chi connectivity index (χ1n) is 7.33. The number of ether oxygens (including phenoxy) is 1. The fourth-order valence-electron chi connectivity index (χ4n) is 2.71. The van der Waals surface area contributed by atoms with Crippen LogP contribution < -0.4 is 5.32 Å². The fraction of sp³-hybridized carbons (Fsp3) is 0.375. The van der Waals surface area contributed by atoms with Crippen LogP contribution in [0.4, 0.5) is 4.39 Å². The molecule has 1 saturated heterocycles. The van der Waals surface area contributed by atoms with Crippen LogP contribution in [0.3, 0.4) is 0 Å². The molecule has 2 atom stereocenters. The number of hydrogen-bond donors (Lipinski definition) is 1. The monoisotopic (exact) mass is 303 g/mol. The molecule has 0 spiro atoms. The highest BCUT2D eigenvalue weighted by Crippen LogP contribution is 2.34. The number of hydrogen-bond acceptors (Lipinski definition) is 3. The van der Waals surface area contributed by atoms with Crippen LogP contribution in [0.5, 0.6) is 0 Å². The zero-order valence-electron chi connectivity index (χ0n) is 12.1. The summed E-state index contributed by atoms with van der Waals surface area (Å²) in [4.78, 5) is 11.9. The Morgan fingerprint density at radius 3 is 2.95 bits per heavy atom. The lowest BCUT2D eigenvalue weighted by Gasteiger charge is -2.19. The highest BCUT2D eigenvalue weighted by molar-refractivity contribution is 5.75. The van der Waals surface area contributed by atoms with E-state index in [4.69, 9.17) is 4.74 Å². The predicted octanol–water partition coefficient (Wildman–Crippen LogP) is 1.92. The summed E-state index contributed by atoms with van der Waals surface area (Å²) >= 11 is 0. The Morgan fingerprint density at radius 2 is 2.23 bits per heavy atom. The molecule has 1 amide bonds. The Hall–Kier alpha value is -2.21. The summed E-state index contributed by atoms with van der Waals surface area (Å²) in [7, 11) is 0. The lowest BCUT2D eigenvalue weighted by molar-refractivity contribution is -0.122. The van der Waals surface area contributed by atoms with Gasteiger partial charge in [-0.1, -0.05) is 12.1 Å². The van der Waals surface area contributed by atoms with Crippen molar-refractivity contribution in [3.63, 3.8) is 0 Å². The minimum Gasteiger partial charge on any atom is -0.373 e. The summed E-state index contributed by atoms with van der Waals surface area (Å²) in [5, 5.41) is 6.92. The summed E-state index contributed by atoms with van der Waals surface area (Å²) in [5.74, 6) is -0.133. The fourth-order valence-corrected chi connectivity index (χ4v) is 2.71. The molecule has 116 valence electrons. The standard InChI is InChI=1S/C16H18FN3O2/c17-14-4-2-12(3-5-14)16-13(6-9-22-16)10-18-15(21)11-20-8-1-7-19-20/h1-5,7-8,13,16H,6,9-11H2,(H,18,21)/t13-,16-/m0/s1. The van der Waals surface area contributed by atoms with E-state index in [2.05, 4.69) is 10.4 Å². The van der Waals surface area contributed by atoms with Crippen molar-refractivity contribution in [1.82, 2.24) is 15.1 Å². The first-order chi connectivity index (χ1) is 10.7. The van der Waals surface area contributed by atoms with Crippen LogP contribution in [0.25, 0.3) is 0 Å². The van der Waals surface area contributed by atoms with Gasteiger partial charge in [0.15, 0.2) is 0 Å². The molecule has 1 aliphatic heterocycles. The Bertz CT molecular complexity index is 613. The number of aromatic nitrogens is 2. The number of nitrogens with zero attached hydrogens (tertiary/aromatic N) is 2. The van der Waals surface area contributed by atoms with Crippen molar-refractivity contribution >= 4 is 5.91 Å². The third-order valence-electron chi connectivity index (χ3n) is 3.84. The van der Waals surface area contributed by atoms with Gasteiger partial charge in [0.25, 0.3) is 0 Å². The summed E-state index contributed by atoms with van der Waals surface area (Å²) in [5.41, 5.74) is 0.949. The van der Waals surface area contributed by atoms with Gasteiger partial charge in [0.1, 0.15) is 12.4 Å². The summed E-state index contributed by atoms with van der Waals surface area (Å²) < 4.78 is 20.3. The quantitative estimate of drug-likeness (QED) is 0.918. The van der Waals surface area contributed by atoms with Crippen molar-refractivity contribution in [3.8, 4) is 0 Å². The summed E-state index contributed by atoms with van der Waals surface area (Å²) in [6.45, 7) is 1.41. The van der Waals surface area contributed by atoms with E-state index in [0.717, 1.165) is 12.0 Å². The highest BCUT2D eigenvalue weighted by atomic mass is 19.1. The van der Waals surface area contributed by atoms with Crippen molar-refractivity contribution in [1.29, 1.82) is 0 Å². The third kappa shape index (κ3) is 3.51. The van der Waals surface area contributed by atoms with E-state index in [1.54, 1.807) is 35.3 Å². The minimum atomic E-state index is -0.258. The van der Waals surface area contributed by atoms with E-state index in [-0.39, 0.29) is 30.3 Å². The molecule has 22 heavy (non-hydrogen) atoms. The van der Waals surface area contributed by atoms with E-state index in [9.17, 15) is 9.18 Å². The van der Waals surface area contributed by atoms with Gasteiger partial charge < -0.3 is 10.1 Å². The molecule has 6 heteroatoms. The molecule has 1 N–H and O–H groups in total. The van der Waals surface area contributed by atoms with E-state index < -0.39 is 0 Å². The molecule has 1 aliphatic rings. The van der Waals surface area contributed by atoms with Crippen molar-refractivity contribution in [2.45, 2.75) is 19.1 Å². The zero-order chi connectivity index (χ0) is 15.4. The molecular formula is C16H18FN3O2. The number of rotatable bonds is 5. The van der Waals surface area contributed by atoms with Crippen LogP contribution in [0.15, 0.2) is 42.7 Å². The van der Waals surface area contributed by atoms with E-state index in [1.165, 1.54) is 12.1 Å². The average Bonchev–Trinajstić information content (AvgIpc) is 3.17. The third-order valence-corrected chi connectivity index (χ3v) is 3.84. The van der Waals surface area contributed by atoms with Crippen LogP contribution in [0.2, 0.25) is 0 Å². The molecule has 5 nitrogen and oxygen atoms in total. The smallest absolute Gasteiger partial charge is 0.241 e. The van der Waals surface area contributed by atoms with Crippen molar-refractivity contribution in [3.05, 3.63) is 54.1 Å². The van der Waals surface area contributed by atoms with Gasteiger partial charge in [0.2, 0.25) is 5.91 Å². The summed E-state index contributed by atoms with van der Waals surface area (Å²) in [6, 6.07) is 8.13. The van der Waals surface area contributed by atoms with Crippen molar-refractivity contribution in [2.24, 2.45) is 5.92 Å². The first kappa shape index (κ1) is 14.7. The highest BCUT2D eigenvalue weighted by Gasteiger charge is 2.29. The van der Waals surface area contributed by atoms with Crippen molar-refractivity contribution in [2.75, 3.05) is 13.2 Å². The number of halogens is 1. The molecule has 1 fully saturated rings. The lowest BCUT2D eigenvalue weighted by Crippen LogP contribution is -2.33. The average molecular weight is 303 g/mol. The number of benzene rings is 1. The molecule has 0 aliphatic carbocycles. The van der Waals surface area contributed by atoms with Crippen LogP contribution in [0, 0.1) is 11.7 Å². The Morgan fingerprint density at radius 1 is 1.41 bits per heavy atom. The zero-order valence-corrected chi connectivity index (χ0v) is 12.1. The number of amides is 1. The molecule has 3 rings (SSSR count). The van der Waals surface area contributed by atoms with Gasteiger partial charge >= 0.3 is 0 Å². The molecule has 2 heterocycles. The number of carbonyl (C=O) groups excluding carboxylic acids is 1. The molecule has 0 bridgehead atoms. The number of nitrogens with one attached hydrogen (secondary N) is 1. The predicted molar refractivity (Wildman–Crippen MR) is 78.4 cm³/mol. The van der Waals surface area contributed by atoms with Gasteiger partial charge in [-0.15, -0.1) is 0 Å². The van der Waals surface area contributed by atoms with Gasteiger partial charge in [0, 0.05) is 31.5 Å². The Kier molecular flexibility index (Phi) is 4.48. The number of carbonyl (C=O) groups is 1. The second kappa shape index (κ2) is 6.70. The second-order valence-corrected chi connectivity index (χ2v) is 5.40. The van der Waals surface area contributed by atoms with Crippen LogP contribution in [-0.4, -0.2) is 28.8 Å². The van der Waals surface area contributed by atoms with Gasteiger partial charge in [-0.25, -0.2) is 4.39 Å². The van der Waals surface area contributed by atoms with Gasteiger partial charge in [-0.3, -0.25) is 9.48 Å².